The fourth-order valence-electron chi connectivity index (χ4n) is 2.84. The standard InChI is InChI=1S/C20H18N4O7S/c1-13-16(20(25)30-12-18-21-19(31-22-18)17-4-3-9-29-17)11-24(32(26,27)23-13)10-14-5-7-15(28-2)8-6-14/h3-9,11H,10,12H2,1-2H3. The summed E-state index contributed by atoms with van der Waals surface area (Å²) >= 11 is 0. The van der Waals surface area contributed by atoms with Crippen molar-refractivity contribution in [3.63, 3.8) is 0 Å². The minimum absolute atomic E-state index is 0.00286. The van der Waals surface area contributed by atoms with Gasteiger partial charge in [0.25, 0.3) is 5.89 Å². The van der Waals surface area contributed by atoms with Crippen LogP contribution >= 0.6 is 0 Å². The monoisotopic (exact) mass is 458 g/mol. The van der Waals surface area contributed by atoms with Crippen LogP contribution in [-0.2, 0) is 32.9 Å². The maximum absolute atomic E-state index is 12.6. The van der Waals surface area contributed by atoms with Crippen LogP contribution in [0.3, 0.4) is 0 Å². The van der Waals surface area contributed by atoms with E-state index < -0.39 is 16.2 Å². The summed E-state index contributed by atoms with van der Waals surface area (Å²) < 4.78 is 50.1. The molecule has 0 spiro atoms. The van der Waals surface area contributed by atoms with Crippen molar-refractivity contribution in [3.05, 3.63) is 65.8 Å². The fourth-order valence-corrected chi connectivity index (χ4v) is 3.94. The number of rotatable bonds is 7. The van der Waals surface area contributed by atoms with E-state index in [0.717, 1.165) is 4.31 Å². The average Bonchev–Trinajstić information content (AvgIpc) is 3.46. The largest absolute Gasteiger partial charge is 0.497 e. The van der Waals surface area contributed by atoms with Crippen LogP contribution in [0, 0.1) is 0 Å². The summed E-state index contributed by atoms with van der Waals surface area (Å²) in [5.41, 5.74) is 0.707. The van der Waals surface area contributed by atoms with Crippen molar-refractivity contribution < 1.29 is 31.6 Å². The van der Waals surface area contributed by atoms with Crippen LogP contribution in [0.25, 0.3) is 11.7 Å². The number of esters is 1. The molecule has 1 aliphatic rings. The molecule has 0 N–H and O–H groups in total. The van der Waals surface area contributed by atoms with Crippen molar-refractivity contribution in [2.75, 3.05) is 7.11 Å². The molecule has 32 heavy (non-hydrogen) atoms. The maximum Gasteiger partial charge on any atom is 0.344 e. The zero-order valence-corrected chi connectivity index (χ0v) is 17.9. The highest BCUT2D eigenvalue weighted by molar-refractivity contribution is 7.88. The highest BCUT2D eigenvalue weighted by atomic mass is 32.2. The van der Waals surface area contributed by atoms with Gasteiger partial charge in [0.1, 0.15) is 5.75 Å². The molecule has 0 bridgehead atoms. The Balaban J connectivity index is 1.47. The second-order valence-electron chi connectivity index (χ2n) is 6.66. The van der Waals surface area contributed by atoms with E-state index in [9.17, 15) is 13.2 Å². The van der Waals surface area contributed by atoms with E-state index in [1.165, 1.54) is 26.5 Å². The molecule has 12 heteroatoms. The average molecular weight is 458 g/mol. The Morgan fingerprint density at radius 3 is 2.66 bits per heavy atom. The van der Waals surface area contributed by atoms with Crippen LogP contribution in [0.4, 0.5) is 0 Å². The smallest absolute Gasteiger partial charge is 0.344 e. The molecule has 0 aliphatic carbocycles. The summed E-state index contributed by atoms with van der Waals surface area (Å²) in [6, 6.07) is 10.2. The van der Waals surface area contributed by atoms with E-state index in [1.54, 1.807) is 36.4 Å². The Bertz CT molecular complexity index is 1280. The predicted molar refractivity (Wildman–Crippen MR) is 110 cm³/mol. The second-order valence-corrected chi connectivity index (χ2v) is 8.21. The van der Waals surface area contributed by atoms with Gasteiger partial charge in [-0.15, -0.1) is 4.40 Å². The molecule has 1 aliphatic heterocycles. The SMILES string of the molecule is COc1ccc(CN2C=C(C(=O)OCc3noc(-c4ccco4)n3)C(C)=NS2(=O)=O)cc1. The summed E-state index contributed by atoms with van der Waals surface area (Å²) in [5.74, 6) is 0.518. The normalized spacial score (nSPS) is 15.1. The molecule has 3 aromatic rings. The zero-order chi connectivity index (χ0) is 22.7. The molecular formula is C20H18N4O7S. The summed E-state index contributed by atoms with van der Waals surface area (Å²) in [5, 5.41) is 3.73. The van der Waals surface area contributed by atoms with E-state index in [-0.39, 0.29) is 36.2 Å². The van der Waals surface area contributed by atoms with E-state index in [1.807, 2.05) is 0 Å². The number of carbonyl (C=O) groups is 1. The number of furan rings is 1. The summed E-state index contributed by atoms with van der Waals surface area (Å²) in [7, 11) is -2.45. The van der Waals surface area contributed by atoms with Crippen LogP contribution in [-0.4, -0.2) is 41.7 Å². The van der Waals surface area contributed by atoms with Crippen LogP contribution in [0.5, 0.6) is 5.75 Å². The fraction of sp³-hybridized carbons (Fsp3) is 0.200. The molecule has 0 saturated heterocycles. The van der Waals surface area contributed by atoms with Gasteiger partial charge in [-0.2, -0.15) is 13.4 Å². The van der Waals surface area contributed by atoms with Crippen molar-refractivity contribution in [1.29, 1.82) is 0 Å². The Labute approximate surface area is 183 Å². The number of hydrogen-bond acceptors (Lipinski definition) is 9. The maximum atomic E-state index is 12.6. The third-order valence-corrected chi connectivity index (χ3v) is 5.79. The molecule has 2 aromatic heterocycles. The highest BCUT2D eigenvalue weighted by Gasteiger charge is 2.29. The molecule has 0 fully saturated rings. The van der Waals surface area contributed by atoms with E-state index in [4.69, 9.17) is 18.4 Å². The minimum atomic E-state index is -3.99. The molecule has 3 heterocycles. The zero-order valence-electron chi connectivity index (χ0n) is 17.1. The van der Waals surface area contributed by atoms with Crippen molar-refractivity contribution in [1.82, 2.24) is 14.4 Å². The molecule has 0 radical (unpaired) electrons. The predicted octanol–water partition coefficient (Wildman–Crippen LogP) is 2.49. The second kappa shape index (κ2) is 8.67. The van der Waals surface area contributed by atoms with Gasteiger partial charge >= 0.3 is 16.2 Å². The van der Waals surface area contributed by atoms with Gasteiger partial charge in [-0.25, -0.2) is 4.79 Å². The Kier molecular flexibility index (Phi) is 5.77. The molecule has 166 valence electrons. The van der Waals surface area contributed by atoms with Crippen molar-refractivity contribution in [2.24, 2.45) is 4.40 Å². The number of nitrogens with zero attached hydrogens (tertiary/aromatic N) is 4. The lowest BCUT2D eigenvalue weighted by molar-refractivity contribution is -0.140. The third kappa shape index (κ3) is 4.54. The quantitative estimate of drug-likeness (QED) is 0.489. The summed E-state index contributed by atoms with van der Waals surface area (Å²) in [6.45, 7) is 1.12. The van der Waals surface area contributed by atoms with Gasteiger partial charge in [-0.3, -0.25) is 4.31 Å². The lowest BCUT2D eigenvalue weighted by Gasteiger charge is -2.23. The number of hydrogen-bond donors (Lipinski definition) is 0. The molecule has 0 atom stereocenters. The number of methoxy groups -OCH3 is 1. The van der Waals surface area contributed by atoms with E-state index >= 15 is 0 Å². The number of aromatic nitrogens is 2. The van der Waals surface area contributed by atoms with Crippen LogP contribution in [0.15, 0.2) is 67.8 Å². The molecular weight excluding hydrogens is 440 g/mol. The Morgan fingerprint density at radius 2 is 1.97 bits per heavy atom. The topological polar surface area (TPSA) is 137 Å². The van der Waals surface area contributed by atoms with Crippen LogP contribution < -0.4 is 4.74 Å². The lowest BCUT2D eigenvalue weighted by Crippen LogP contribution is -2.31. The van der Waals surface area contributed by atoms with Gasteiger partial charge in [0.2, 0.25) is 5.82 Å². The molecule has 1 aromatic carbocycles. The molecule has 0 unspecified atom stereocenters. The number of ether oxygens (including phenoxy) is 2. The van der Waals surface area contributed by atoms with Crippen molar-refractivity contribution in [2.45, 2.75) is 20.1 Å². The summed E-state index contributed by atoms with van der Waals surface area (Å²) in [4.78, 5) is 16.7. The summed E-state index contributed by atoms with van der Waals surface area (Å²) in [6.07, 6.45) is 2.66. The first-order valence-electron chi connectivity index (χ1n) is 9.33. The van der Waals surface area contributed by atoms with Gasteiger partial charge in [0.15, 0.2) is 12.4 Å². The first-order valence-corrected chi connectivity index (χ1v) is 10.7. The van der Waals surface area contributed by atoms with Crippen LogP contribution in [0.2, 0.25) is 0 Å². The molecule has 0 amide bonds. The van der Waals surface area contributed by atoms with Gasteiger partial charge in [-0.05, 0) is 36.8 Å². The first-order chi connectivity index (χ1) is 15.4. The van der Waals surface area contributed by atoms with E-state index in [2.05, 4.69) is 14.5 Å². The molecule has 11 nitrogen and oxygen atoms in total. The third-order valence-electron chi connectivity index (χ3n) is 4.46. The van der Waals surface area contributed by atoms with Crippen molar-refractivity contribution in [3.8, 4) is 17.4 Å². The molecule has 4 rings (SSSR count). The van der Waals surface area contributed by atoms with Crippen LogP contribution in [0.1, 0.15) is 18.3 Å². The van der Waals surface area contributed by atoms with Crippen molar-refractivity contribution >= 4 is 21.9 Å². The minimum Gasteiger partial charge on any atom is -0.497 e. The van der Waals surface area contributed by atoms with E-state index in [0.29, 0.717) is 17.1 Å². The van der Waals surface area contributed by atoms with Gasteiger partial charge in [0, 0.05) is 6.20 Å². The Morgan fingerprint density at radius 1 is 1.19 bits per heavy atom. The molecule has 0 saturated carbocycles. The van der Waals surface area contributed by atoms with Gasteiger partial charge < -0.3 is 18.4 Å². The highest BCUT2D eigenvalue weighted by Crippen LogP contribution is 2.22. The first kappa shape index (κ1) is 21.3. The number of carbonyl (C=O) groups excluding carboxylic acids is 1. The Hall–Kier alpha value is -3.93. The number of benzene rings is 1. The lowest BCUT2D eigenvalue weighted by atomic mass is 10.2. The van der Waals surface area contributed by atoms with Gasteiger partial charge in [-0.1, -0.05) is 17.3 Å². The van der Waals surface area contributed by atoms with Gasteiger partial charge in [0.05, 0.1) is 31.2 Å².